The Morgan fingerprint density at radius 3 is 2.95 bits per heavy atom. The molecule has 2 rings (SSSR count). The van der Waals surface area contributed by atoms with Crippen LogP contribution in [0.15, 0.2) is 35.4 Å². The minimum atomic E-state index is -0.198. The fourth-order valence-corrected chi connectivity index (χ4v) is 1.83. The number of aromatic amines is 1. The van der Waals surface area contributed by atoms with Crippen LogP contribution in [0.3, 0.4) is 0 Å². The van der Waals surface area contributed by atoms with Crippen molar-refractivity contribution in [3.8, 4) is 17.0 Å². The molecule has 5 heteroatoms. The second kappa shape index (κ2) is 6.14. The van der Waals surface area contributed by atoms with Gasteiger partial charge in [0.2, 0.25) is 0 Å². The zero-order valence-electron chi connectivity index (χ0n) is 11.6. The number of pyridine rings is 2. The van der Waals surface area contributed by atoms with Gasteiger partial charge in [-0.25, -0.2) is 0 Å². The van der Waals surface area contributed by atoms with Gasteiger partial charge in [-0.05, 0) is 31.5 Å². The van der Waals surface area contributed by atoms with Crippen molar-refractivity contribution in [1.29, 1.82) is 5.41 Å². The van der Waals surface area contributed by atoms with Gasteiger partial charge in [0, 0.05) is 17.5 Å². The largest absolute Gasteiger partial charge is 0.491 e. The second-order valence-corrected chi connectivity index (χ2v) is 4.45. The van der Waals surface area contributed by atoms with E-state index in [1.807, 2.05) is 6.92 Å². The number of hydrogen-bond acceptors (Lipinski definition) is 4. The number of nitrogens with one attached hydrogen (secondary N) is 2. The Morgan fingerprint density at radius 1 is 1.50 bits per heavy atom. The number of H-pyrrole nitrogens is 1. The summed E-state index contributed by atoms with van der Waals surface area (Å²) in [6.07, 6.45) is 4.04. The third kappa shape index (κ3) is 2.93. The number of rotatable bonds is 5. The highest BCUT2D eigenvalue weighted by Gasteiger charge is 2.11. The third-order valence-electron chi connectivity index (χ3n) is 2.83. The molecule has 0 saturated carbocycles. The third-order valence-corrected chi connectivity index (χ3v) is 2.83. The molecule has 0 amide bonds. The maximum absolute atomic E-state index is 11.8. The Kier molecular flexibility index (Phi) is 4.30. The van der Waals surface area contributed by atoms with Crippen LogP contribution in [0, 0.1) is 5.41 Å². The highest BCUT2D eigenvalue weighted by molar-refractivity contribution is 5.99. The average molecular weight is 271 g/mol. The summed E-state index contributed by atoms with van der Waals surface area (Å²) in [4.78, 5) is 18.7. The number of hydrogen-bond donors (Lipinski definition) is 2. The van der Waals surface area contributed by atoms with Gasteiger partial charge in [0.15, 0.2) is 0 Å². The Morgan fingerprint density at radius 2 is 2.30 bits per heavy atom. The highest BCUT2D eigenvalue weighted by Crippen LogP contribution is 2.23. The molecule has 0 aromatic carbocycles. The van der Waals surface area contributed by atoms with Crippen molar-refractivity contribution in [2.75, 3.05) is 6.61 Å². The number of aromatic nitrogens is 2. The highest BCUT2D eigenvalue weighted by atomic mass is 16.5. The zero-order valence-corrected chi connectivity index (χ0v) is 11.6. The first-order valence-electron chi connectivity index (χ1n) is 6.50. The molecule has 104 valence electrons. The fraction of sp³-hybridized carbons (Fsp3) is 0.267. The SMILES string of the molecule is CCCOc1cnc(-c2ccc[nH]c2=O)cc1C(C)=N. The van der Waals surface area contributed by atoms with E-state index in [-0.39, 0.29) is 5.56 Å². The Bertz CT molecular complexity index is 677. The van der Waals surface area contributed by atoms with E-state index in [1.165, 1.54) is 0 Å². The van der Waals surface area contributed by atoms with E-state index in [2.05, 4.69) is 9.97 Å². The van der Waals surface area contributed by atoms with Gasteiger partial charge in [-0.2, -0.15) is 0 Å². The van der Waals surface area contributed by atoms with Crippen LogP contribution in [0.4, 0.5) is 0 Å². The fourth-order valence-electron chi connectivity index (χ4n) is 1.83. The van der Waals surface area contributed by atoms with Crippen LogP contribution >= 0.6 is 0 Å². The normalized spacial score (nSPS) is 10.3. The van der Waals surface area contributed by atoms with Gasteiger partial charge in [0.25, 0.3) is 5.56 Å². The molecular formula is C15H17N3O2. The van der Waals surface area contributed by atoms with E-state index in [1.54, 1.807) is 37.5 Å². The summed E-state index contributed by atoms with van der Waals surface area (Å²) in [5.41, 5.74) is 1.86. The summed E-state index contributed by atoms with van der Waals surface area (Å²) < 4.78 is 5.58. The van der Waals surface area contributed by atoms with Gasteiger partial charge in [0.1, 0.15) is 5.75 Å². The molecule has 0 aliphatic carbocycles. The molecular weight excluding hydrogens is 254 g/mol. The maximum Gasteiger partial charge on any atom is 0.257 e. The Labute approximate surface area is 117 Å². The Balaban J connectivity index is 2.48. The molecule has 2 aromatic heterocycles. The molecule has 0 aliphatic rings. The van der Waals surface area contributed by atoms with Crippen LogP contribution in [-0.4, -0.2) is 22.3 Å². The molecule has 0 saturated heterocycles. The van der Waals surface area contributed by atoms with Crippen LogP contribution in [0.25, 0.3) is 11.3 Å². The summed E-state index contributed by atoms with van der Waals surface area (Å²) in [7, 11) is 0. The summed E-state index contributed by atoms with van der Waals surface area (Å²) in [5, 5.41) is 7.83. The molecule has 0 bridgehead atoms. The minimum absolute atomic E-state index is 0.198. The minimum Gasteiger partial charge on any atom is -0.491 e. The van der Waals surface area contributed by atoms with Crippen LogP contribution in [-0.2, 0) is 0 Å². The molecule has 0 unspecified atom stereocenters. The van der Waals surface area contributed by atoms with Crippen molar-refractivity contribution in [1.82, 2.24) is 9.97 Å². The Hall–Kier alpha value is -2.43. The standard InChI is InChI=1S/C15H17N3O2/c1-3-7-20-14-9-18-13(8-12(14)10(2)16)11-5-4-6-17-15(11)19/h4-6,8-9,16H,3,7H2,1-2H3,(H,17,19). The van der Waals surface area contributed by atoms with Crippen molar-refractivity contribution in [3.05, 3.63) is 46.5 Å². The summed E-state index contributed by atoms with van der Waals surface area (Å²) in [5.74, 6) is 0.579. The molecule has 0 radical (unpaired) electrons. The molecule has 0 fully saturated rings. The maximum atomic E-state index is 11.8. The topological polar surface area (TPSA) is 78.8 Å². The molecule has 2 aromatic rings. The molecule has 0 spiro atoms. The van der Waals surface area contributed by atoms with Crippen molar-refractivity contribution >= 4 is 5.71 Å². The molecule has 2 N–H and O–H groups in total. The first-order chi connectivity index (χ1) is 9.63. The van der Waals surface area contributed by atoms with E-state index in [0.29, 0.717) is 34.9 Å². The lowest BCUT2D eigenvalue weighted by atomic mass is 10.1. The van der Waals surface area contributed by atoms with Crippen LogP contribution < -0.4 is 10.3 Å². The molecule has 2 heterocycles. The quantitative estimate of drug-likeness (QED) is 0.820. The summed E-state index contributed by atoms with van der Waals surface area (Å²) in [6, 6.07) is 5.17. The van der Waals surface area contributed by atoms with E-state index >= 15 is 0 Å². The zero-order chi connectivity index (χ0) is 14.5. The first-order valence-corrected chi connectivity index (χ1v) is 6.50. The van der Waals surface area contributed by atoms with Gasteiger partial charge in [-0.15, -0.1) is 0 Å². The van der Waals surface area contributed by atoms with Crippen molar-refractivity contribution in [3.63, 3.8) is 0 Å². The number of ether oxygens (including phenoxy) is 1. The lowest BCUT2D eigenvalue weighted by molar-refractivity contribution is 0.315. The van der Waals surface area contributed by atoms with E-state index < -0.39 is 0 Å². The summed E-state index contributed by atoms with van der Waals surface area (Å²) in [6.45, 7) is 4.28. The first kappa shape index (κ1) is 14.0. The van der Waals surface area contributed by atoms with E-state index in [4.69, 9.17) is 10.1 Å². The lowest BCUT2D eigenvalue weighted by Crippen LogP contribution is -2.09. The molecule has 0 atom stereocenters. The monoisotopic (exact) mass is 271 g/mol. The van der Waals surface area contributed by atoms with Gasteiger partial charge < -0.3 is 15.1 Å². The van der Waals surface area contributed by atoms with E-state index in [9.17, 15) is 4.79 Å². The lowest BCUT2D eigenvalue weighted by Gasteiger charge is -2.11. The molecule has 0 aliphatic heterocycles. The van der Waals surface area contributed by atoms with Gasteiger partial charge in [-0.3, -0.25) is 9.78 Å². The van der Waals surface area contributed by atoms with E-state index in [0.717, 1.165) is 6.42 Å². The molecule has 5 nitrogen and oxygen atoms in total. The summed E-state index contributed by atoms with van der Waals surface area (Å²) >= 11 is 0. The van der Waals surface area contributed by atoms with Gasteiger partial charge in [-0.1, -0.05) is 6.92 Å². The van der Waals surface area contributed by atoms with Crippen LogP contribution in [0.5, 0.6) is 5.75 Å². The van der Waals surface area contributed by atoms with Crippen molar-refractivity contribution in [2.45, 2.75) is 20.3 Å². The van der Waals surface area contributed by atoms with Crippen LogP contribution in [0.1, 0.15) is 25.8 Å². The predicted molar refractivity (Wildman–Crippen MR) is 78.6 cm³/mol. The second-order valence-electron chi connectivity index (χ2n) is 4.45. The van der Waals surface area contributed by atoms with Gasteiger partial charge in [0.05, 0.1) is 24.1 Å². The van der Waals surface area contributed by atoms with Gasteiger partial charge >= 0.3 is 0 Å². The molecule has 20 heavy (non-hydrogen) atoms. The number of nitrogens with zero attached hydrogens (tertiary/aromatic N) is 1. The average Bonchev–Trinajstić information content (AvgIpc) is 2.45. The smallest absolute Gasteiger partial charge is 0.257 e. The van der Waals surface area contributed by atoms with Crippen molar-refractivity contribution < 1.29 is 4.74 Å². The van der Waals surface area contributed by atoms with Crippen molar-refractivity contribution in [2.24, 2.45) is 0 Å². The predicted octanol–water partition coefficient (Wildman–Crippen LogP) is 2.61. The van der Waals surface area contributed by atoms with Crippen LogP contribution in [0.2, 0.25) is 0 Å².